The molecule has 1 saturated carbocycles. The van der Waals surface area contributed by atoms with E-state index in [2.05, 4.69) is 0 Å². The molecular formula is C11H6Cl4O2. The Kier molecular flexibility index (Phi) is 2.33. The molecular weight excluding hydrogens is 306 g/mol. The Morgan fingerprint density at radius 1 is 0.941 bits per heavy atom. The Labute approximate surface area is 118 Å². The van der Waals surface area contributed by atoms with Gasteiger partial charge in [-0.15, -0.1) is 46.4 Å². The Morgan fingerprint density at radius 3 is 1.65 bits per heavy atom. The molecule has 3 aliphatic carbocycles. The van der Waals surface area contributed by atoms with Crippen LogP contribution < -0.4 is 0 Å². The van der Waals surface area contributed by atoms with Gasteiger partial charge in [-0.05, 0) is 17.6 Å². The maximum Gasteiger partial charge on any atom is 0.182 e. The van der Waals surface area contributed by atoms with Gasteiger partial charge in [0.2, 0.25) is 0 Å². The molecule has 2 unspecified atom stereocenters. The summed E-state index contributed by atoms with van der Waals surface area (Å²) in [5.41, 5.74) is 1.23. The summed E-state index contributed by atoms with van der Waals surface area (Å²) in [7, 11) is 0. The molecule has 17 heavy (non-hydrogen) atoms. The van der Waals surface area contributed by atoms with Crippen LogP contribution in [-0.4, -0.2) is 32.1 Å². The van der Waals surface area contributed by atoms with Crippen LogP contribution in [0.3, 0.4) is 0 Å². The lowest BCUT2D eigenvalue weighted by Gasteiger charge is -2.31. The predicted molar refractivity (Wildman–Crippen MR) is 67.2 cm³/mol. The number of rotatable bonds is 0. The first-order valence-corrected chi connectivity index (χ1v) is 6.63. The average Bonchev–Trinajstić information content (AvgIpc) is 2.71. The zero-order valence-corrected chi connectivity index (χ0v) is 11.4. The second-order valence-corrected chi connectivity index (χ2v) is 6.48. The van der Waals surface area contributed by atoms with E-state index in [0.717, 1.165) is 0 Å². The number of carbonyl (C=O) groups excluding carboxylic acids is 2. The topological polar surface area (TPSA) is 34.1 Å². The normalized spacial score (nSPS) is 48.0. The van der Waals surface area contributed by atoms with E-state index in [-0.39, 0.29) is 0 Å². The summed E-state index contributed by atoms with van der Waals surface area (Å²) in [6.45, 7) is 0. The summed E-state index contributed by atoms with van der Waals surface area (Å²) in [4.78, 5) is 21.1. The van der Waals surface area contributed by atoms with E-state index in [1.165, 1.54) is 0 Å². The number of fused-ring (bicyclic) bond motifs is 3. The molecule has 4 atom stereocenters. The van der Waals surface area contributed by atoms with Crippen LogP contribution in [0.2, 0.25) is 0 Å². The fourth-order valence-corrected chi connectivity index (χ4v) is 4.45. The first-order chi connectivity index (χ1) is 7.83. The van der Waals surface area contributed by atoms with Crippen LogP contribution in [0, 0.1) is 0 Å². The average molecular weight is 312 g/mol. The van der Waals surface area contributed by atoms with E-state index in [0.29, 0.717) is 17.6 Å². The van der Waals surface area contributed by atoms with E-state index < -0.39 is 32.1 Å². The van der Waals surface area contributed by atoms with Crippen molar-refractivity contribution in [3.8, 4) is 0 Å². The fourth-order valence-electron chi connectivity index (χ4n) is 2.78. The highest BCUT2D eigenvalue weighted by Crippen LogP contribution is 2.62. The van der Waals surface area contributed by atoms with Gasteiger partial charge in [0, 0.05) is 0 Å². The number of hydrogen-bond acceptors (Lipinski definition) is 2. The van der Waals surface area contributed by atoms with Crippen molar-refractivity contribution in [1.29, 1.82) is 0 Å². The van der Waals surface area contributed by atoms with E-state index >= 15 is 0 Å². The minimum absolute atomic E-state index is 0.386. The van der Waals surface area contributed by atoms with Gasteiger partial charge in [0.25, 0.3) is 0 Å². The zero-order chi connectivity index (χ0) is 12.6. The third-order valence-electron chi connectivity index (χ3n) is 3.62. The van der Waals surface area contributed by atoms with Crippen molar-refractivity contribution >= 4 is 58.0 Å². The van der Waals surface area contributed by atoms with Crippen molar-refractivity contribution < 1.29 is 9.59 Å². The largest absolute Gasteiger partial charge is 0.295 e. The highest BCUT2D eigenvalue weighted by molar-refractivity contribution is 6.59. The molecule has 0 radical (unpaired) electrons. The fraction of sp³-hybridized carbons (Fsp3) is 0.455. The van der Waals surface area contributed by atoms with Crippen molar-refractivity contribution in [3.05, 3.63) is 23.3 Å². The summed E-state index contributed by atoms with van der Waals surface area (Å²) < 4.78 is 0. The van der Waals surface area contributed by atoms with Gasteiger partial charge in [-0.2, -0.15) is 0 Å². The van der Waals surface area contributed by atoms with Crippen molar-refractivity contribution in [2.75, 3.05) is 0 Å². The SMILES string of the molecule is O=C1C(Cl)C=C2CC3=CC(Cl)C(=O)[C@@]3(Cl)[C@@]12Cl. The molecule has 3 rings (SSSR count). The monoisotopic (exact) mass is 310 g/mol. The van der Waals surface area contributed by atoms with Crippen LogP contribution >= 0.6 is 46.4 Å². The molecule has 0 amide bonds. The molecule has 0 aromatic carbocycles. The van der Waals surface area contributed by atoms with Gasteiger partial charge in [-0.25, -0.2) is 0 Å². The van der Waals surface area contributed by atoms with Crippen LogP contribution in [0.25, 0.3) is 0 Å². The summed E-state index contributed by atoms with van der Waals surface area (Å²) in [5.74, 6) is -0.873. The number of hydrogen-bond donors (Lipinski definition) is 0. The summed E-state index contributed by atoms with van der Waals surface area (Å²) in [6, 6.07) is 0. The Bertz CT molecular complexity index is 478. The van der Waals surface area contributed by atoms with Crippen LogP contribution in [0.5, 0.6) is 0 Å². The standard InChI is InChI=1S/C11H6Cl4O2/c12-6-2-4-1-5-3-7(13)9(17)11(5,15)10(4,14)8(6)16/h2-3,6-7H,1H2/t6?,7?,10-,11+. The van der Waals surface area contributed by atoms with Crippen molar-refractivity contribution in [3.63, 3.8) is 0 Å². The lowest BCUT2D eigenvalue weighted by molar-refractivity contribution is -0.125. The second kappa shape index (κ2) is 3.30. The third kappa shape index (κ3) is 1.11. The van der Waals surface area contributed by atoms with Crippen LogP contribution in [0.4, 0.5) is 0 Å². The van der Waals surface area contributed by atoms with Gasteiger partial charge in [-0.3, -0.25) is 9.59 Å². The maximum absolute atomic E-state index is 12.1. The molecule has 1 fully saturated rings. The minimum Gasteiger partial charge on any atom is -0.295 e. The molecule has 0 bridgehead atoms. The van der Waals surface area contributed by atoms with Gasteiger partial charge < -0.3 is 0 Å². The number of Topliss-reactive ketones (excluding diaryl/α,β-unsaturated/α-hetero) is 2. The second-order valence-electron chi connectivity index (χ2n) is 4.41. The molecule has 0 heterocycles. The molecule has 0 N–H and O–H groups in total. The van der Waals surface area contributed by atoms with Crippen molar-refractivity contribution in [2.24, 2.45) is 0 Å². The Morgan fingerprint density at radius 2 is 1.29 bits per heavy atom. The van der Waals surface area contributed by atoms with Crippen LogP contribution in [0.1, 0.15) is 6.42 Å². The molecule has 0 aromatic heterocycles. The first-order valence-electron chi connectivity index (χ1n) is 5.00. The number of carbonyl (C=O) groups is 2. The van der Waals surface area contributed by atoms with E-state index in [9.17, 15) is 9.59 Å². The van der Waals surface area contributed by atoms with Crippen LogP contribution in [-0.2, 0) is 9.59 Å². The predicted octanol–water partition coefficient (Wildman–Crippen LogP) is 2.58. The summed E-state index contributed by atoms with van der Waals surface area (Å²) in [5, 5.41) is -1.64. The minimum atomic E-state index is -1.55. The quantitative estimate of drug-likeness (QED) is 0.509. The van der Waals surface area contributed by atoms with Gasteiger partial charge in [0.15, 0.2) is 21.3 Å². The smallest absolute Gasteiger partial charge is 0.182 e. The number of alkyl halides is 4. The van der Waals surface area contributed by atoms with Gasteiger partial charge in [-0.1, -0.05) is 12.2 Å². The highest BCUT2D eigenvalue weighted by atomic mass is 35.5. The van der Waals surface area contributed by atoms with E-state index in [4.69, 9.17) is 46.4 Å². The number of halogens is 4. The van der Waals surface area contributed by atoms with Crippen molar-refractivity contribution in [2.45, 2.75) is 26.9 Å². The highest BCUT2D eigenvalue weighted by Gasteiger charge is 2.72. The van der Waals surface area contributed by atoms with Gasteiger partial charge in [0.05, 0.1) is 0 Å². The summed E-state index contributed by atoms with van der Waals surface area (Å²) in [6.07, 6.45) is 3.55. The Balaban J connectivity index is 2.24. The lowest BCUT2D eigenvalue weighted by atomic mass is 9.87. The molecule has 0 aliphatic heterocycles. The molecule has 3 aliphatic rings. The van der Waals surface area contributed by atoms with E-state index in [1.54, 1.807) is 12.2 Å². The molecule has 0 aromatic rings. The molecule has 0 saturated heterocycles. The Hall–Kier alpha value is -0.0200. The van der Waals surface area contributed by atoms with Gasteiger partial charge >= 0.3 is 0 Å². The molecule has 6 heteroatoms. The summed E-state index contributed by atoms with van der Waals surface area (Å²) >= 11 is 24.4. The maximum atomic E-state index is 12.1. The molecule has 90 valence electrons. The van der Waals surface area contributed by atoms with Crippen molar-refractivity contribution in [1.82, 2.24) is 0 Å². The number of allylic oxidation sites excluding steroid dienone is 4. The zero-order valence-electron chi connectivity index (χ0n) is 8.34. The van der Waals surface area contributed by atoms with E-state index in [1.807, 2.05) is 0 Å². The first kappa shape index (κ1) is 12.0. The lowest BCUT2D eigenvalue weighted by Crippen LogP contribution is -2.53. The molecule has 0 spiro atoms. The van der Waals surface area contributed by atoms with Gasteiger partial charge in [0.1, 0.15) is 10.8 Å². The van der Waals surface area contributed by atoms with Crippen LogP contribution in [0.15, 0.2) is 23.3 Å². The third-order valence-corrected chi connectivity index (χ3v) is 5.79. The molecule has 2 nitrogen and oxygen atoms in total. The number of ketones is 2.